The fourth-order valence-corrected chi connectivity index (χ4v) is 4.09. The van der Waals surface area contributed by atoms with Crippen molar-refractivity contribution in [2.24, 2.45) is 0 Å². The molecule has 0 spiro atoms. The molecular formula is C19H30N4O3. The number of amides is 1. The zero-order chi connectivity index (χ0) is 18.7. The van der Waals surface area contributed by atoms with E-state index < -0.39 is 0 Å². The van der Waals surface area contributed by atoms with E-state index in [9.17, 15) is 9.59 Å². The van der Waals surface area contributed by atoms with Gasteiger partial charge in [0, 0.05) is 42.9 Å². The molecule has 7 nitrogen and oxygen atoms in total. The maximum Gasteiger partial charge on any atom is 0.255 e. The molecule has 1 aromatic rings. The molecule has 0 saturated carbocycles. The van der Waals surface area contributed by atoms with Crippen molar-refractivity contribution in [3.63, 3.8) is 0 Å². The van der Waals surface area contributed by atoms with Crippen LogP contribution in [0.2, 0.25) is 0 Å². The number of nitrogens with one attached hydrogen (secondary N) is 1. The number of rotatable bonds is 4. The average Bonchev–Trinajstić information content (AvgIpc) is 2.61. The summed E-state index contributed by atoms with van der Waals surface area (Å²) in [5.41, 5.74) is 1.20. The number of nitrogens with zero attached hydrogens (tertiary/aromatic N) is 3. The summed E-state index contributed by atoms with van der Waals surface area (Å²) in [6.07, 6.45) is 4.10. The average molecular weight is 362 g/mol. The van der Waals surface area contributed by atoms with Crippen LogP contribution >= 0.6 is 0 Å². The van der Waals surface area contributed by atoms with Crippen LogP contribution in [0, 0.1) is 6.92 Å². The van der Waals surface area contributed by atoms with Crippen LogP contribution in [-0.4, -0.2) is 59.2 Å². The Morgan fingerprint density at radius 3 is 2.50 bits per heavy atom. The standard InChI is InChI=1S/C19H30N4O3/c1-13-5-4-6-14(2)23(13)17(24)8-7-16-15(3)20-19(21-18(16)25)22-9-11-26-12-10-22/h13-14H,4-12H2,1-3H3,(H,20,21,25)/t13-,14+. The fraction of sp³-hybridized carbons (Fsp3) is 0.737. The van der Waals surface area contributed by atoms with Gasteiger partial charge in [0.1, 0.15) is 0 Å². The van der Waals surface area contributed by atoms with Gasteiger partial charge < -0.3 is 14.5 Å². The minimum atomic E-state index is -0.133. The molecule has 1 amide bonds. The fourth-order valence-electron chi connectivity index (χ4n) is 4.09. The first-order valence-corrected chi connectivity index (χ1v) is 9.71. The largest absolute Gasteiger partial charge is 0.378 e. The van der Waals surface area contributed by atoms with Gasteiger partial charge in [-0.1, -0.05) is 0 Å². The number of anilines is 1. The van der Waals surface area contributed by atoms with Crippen LogP contribution < -0.4 is 10.5 Å². The molecule has 7 heteroatoms. The van der Waals surface area contributed by atoms with Crippen molar-refractivity contribution in [2.45, 2.75) is 65.0 Å². The third-order valence-corrected chi connectivity index (χ3v) is 5.59. The second-order valence-corrected chi connectivity index (χ2v) is 7.48. The van der Waals surface area contributed by atoms with Gasteiger partial charge >= 0.3 is 0 Å². The zero-order valence-corrected chi connectivity index (χ0v) is 16.1. The first-order valence-electron chi connectivity index (χ1n) is 9.71. The zero-order valence-electron chi connectivity index (χ0n) is 16.1. The van der Waals surface area contributed by atoms with E-state index in [2.05, 4.69) is 23.8 Å². The Morgan fingerprint density at radius 1 is 1.23 bits per heavy atom. The van der Waals surface area contributed by atoms with E-state index in [0.29, 0.717) is 43.3 Å². The van der Waals surface area contributed by atoms with Crippen LogP contribution in [0.3, 0.4) is 0 Å². The quantitative estimate of drug-likeness (QED) is 0.881. The van der Waals surface area contributed by atoms with Gasteiger partial charge in [-0.2, -0.15) is 0 Å². The summed E-state index contributed by atoms with van der Waals surface area (Å²) in [4.78, 5) is 36.7. The van der Waals surface area contributed by atoms with Crippen molar-refractivity contribution in [3.8, 4) is 0 Å². The van der Waals surface area contributed by atoms with Crippen molar-refractivity contribution in [2.75, 3.05) is 31.2 Å². The summed E-state index contributed by atoms with van der Waals surface area (Å²) in [5, 5.41) is 0. The summed E-state index contributed by atoms with van der Waals surface area (Å²) < 4.78 is 5.34. The number of aromatic nitrogens is 2. The number of aryl methyl sites for hydroxylation is 1. The summed E-state index contributed by atoms with van der Waals surface area (Å²) in [7, 11) is 0. The SMILES string of the molecule is Cc1nc(N2CCOCC2)[nH]c(=O)c1CCC(=O)N1[C@H](C)CCC[C@@H]1C. The Morgan fingerprint density at radius 2 is 1.88 bits per heavy atom. The number of morpholine rings is 1. The molecule has 144 valence electrons. The first-order chi connectivity index (χ1) is 12.5. The highest BCUT2D eigenvalue weighted by molar-refractivity contribution is 5.77. The number of hydrogen-bond acceptors (Lipinski definition) is 5. The molecule has 2 aliphatic heterocycles. The highest BCUT2D eigenvalue weighted by Gasteiger charge is 2.28. The van der Waals surface area contributed by atoms with Crippen molar-refractivity contribution in [1.82, 2.24) is 14.9 Å². The third-order valence-electron chi connectivity index (χ3n) is 5.59. The molecule has 1 N–H and O–H groups in total. The molecule has 2 aliphatic rings. The van der Waals surface area contributed by atoms with E-state index in [4.69, 9.17) is 4.74 Å². The Hall–Kier alpha value is -1.89. The van der Waals surface area contributed by atoms with Crippen LogP contribution in [0.25, 0.3) is 0 Å². The summed E-state index contributed by atoms with van der Waals surface area (Å²) in [6, 6.07) is 0.569. The van der Waals surface area contributed by atoms with Crippen LogP contribution in [-0.2, 0) is 16.0 Å². The molecule has 0 bridgehead atoms. The van der Waals surface area contributed by atoms with E-state index in [1.165, 1.54) is 6.42 Å². The lowest BCUT2D eigenvalue weighted by molar-refractivity contribution is -0.137. The topological polar surface area (TPSA) is 78.5 Å². The minimum absolute atomic E-state index is 0.133. The van der Waals surface area contributed by atoms with E-state index in [-0.39, 0.29) is 23.6 Å². The molecule has 0 radical (unpaired) electrons. The van der Waals surface area contributed by atoms with E-state index in [0.717, 1.165) is 25.9 Å². The molecule has 2 atom stereocenters. The molecule has 2 saturated heterocycles. The summed E-state index contributed by atoms with van der Waals surface area (Å²) >= 11 is 0. The van der Waals surface area contributed by atoms with Gasteiger partial charge in [0.05, 0.1) is 13.2 Å². The Balaban J connectivity index is 1.68. The van der Waals surface area contributed by atoms with E-state index in [1.807, 2.05) is 16.7 Å². The number of aromatic amines is 1. The molecule has 1 aromatic heterocycles. The minimum Gasteiger partial charge on any atom is -0.378 e. The van der Waals surface area contributed by atoms with Gasteiger partial charge in [0.25, 0.3) is 5.56 Å². The Labute approximate surface area is 154 Å². The highest BCUT2D eigenvalue weighted by atomic mass is 16.5. The number of ether oxygens (including phenoxy) is 1. The molecule has 3 rings (SSSR count). The molecule has 2 fully saturated rings. The number of piperidine rings is 1. The summed E-state index contributed by atoms with van der Waals surface area (Å²) in [5.74, 6) is 0.741. The lowest BCUT2D eigenvalue weighted by Crippen LogP contribution is -2.47. The van der Waals surface area contributed by atoms with Gasteiger partial charge in [-0.25, -0.2) is 4.98 Å². The smallest absolute Gasteiger partial charge is 0.255 e. The normalized spacial score (nSPS) is 24.0. The van der Waals surface area contributed by atoms with Crippen LogP contribution in [0.5, 0.6) is 0 Å². The van der Waals surface area contributed by atoms with Crippen molar-refractivity contribution in [3.05, 3.63) is 21.6 Å². The van der Waals surface area contributed by atoms with E-state index in [1.54, 1.807) is 0 Å². The number of hydrogen-bond donors (Lipinski definition) is 1. The van der Waals surface area contributed by atoms with Gasteiger partial charge in [0.15, 0.2) is 0 Å². The van der Waals surface area contributed by atoms with Crippen LogP contribution in [0.15, 0.2) is 4.79 Å². The predicted octanol–water partition coefficient (Wildman–Crippen LogP) is 1.64. The lowest BCUT2D eigenvalue weighted by atomic mass is 9.96. The van der Waals surface area contributed by atoms with Crippen LogP contribution in [0.4, 0.5) is 5.95 Å². The Kier molecular flexibility index (Phi) is 5.96. The van der Waals surface area contributed by atoms with Gasteiger partial charge in [0.2, 0.25) is 11.9 Å². The molecule has 0 aromatic carbocycles. The molecule has 0 aliphatic carbocycles. The monoisotopic (exact) mass is 362 g/mol. The van der Waals surface area contributed by atoms with E-state index >= 15 is 0 Å². The summed E-state index contributed by atoms with van der Waals surface area (Å²) in [6.45, 7) is 8.83. The number of carbonyl (C=O) groups excluding carboxylic acids is 1. The van der Waals surface area contributed by atoms with Crippen molar-refractivity contribution < 1.29 is 9.53 Å². The second-order valence-electron chi connectivity index (χ2n) is 7.48. The highest BCUT2D eigenvalue weighted by Crippen LogP contribution is 2.23. The van der Waals surface area contributed by atoms with Crippen LogP contribution in [0.1, 0.15) is 50.8 Å². The van der Waals surface area contributed by atoms with Crippen molar-refractivity contribution >= 4 is 11.9 Å². The van der Waals surface area contributed by atoms with Gasteiger partial charge in [-0.15, -0.1) is 0 Å². The predicted molar refractivity (Wildman–Crippen MR) is 101 cm³/mol. The van der Waals surface area contributed by atoms with Crippen molar-refractivity contribution in [1.29, 1.82) is 0 Å². The first kappa shape index (κ1) is 18.9. The van der Waals surface area contributed by atoms with Gasteiger partial charge in [-0.3, -0.25) is 14.6 Å². The second kappa shape index (κ2) is 8.20. The number of carbonyl (C=O) groups is 1. The molecular weight excluding hydrogens is 332 g/mol. The Bertz CT molecular complexity index is 687. The third kappa shape index (κ3) is 4.09. The molecule has 26 heavy (non-hydrogen) atoms. The number of H-pyrrole nitrogens is 1. The number of likely N-dealkylation sites (tertiary alicyclic amines) is 1. The lowest BCUT2D eigenvalue weighted by Gasteiger charge is -2.39. The maximum absolute atomic E-state index is 12.7. The molecule has 0 unspecified atom stereocenters. The maximum atomic E-state index is 12.7. The molecule has 3 heterocycles. The van der Waals surface area contributed by atoms with Gasteiger partial charge in [-0.05, 0) is 46.5 Å².